The molecule has 0 saturated carbocycles. The summed E-state index contributed by atoms with van der Waals surface area (Å²) in [6.07, 6.45) is 3.18. The van der Waals surface area contributed by atoms with Crippen molar-refractivity contribution in [2.24, 2.45) is 11.8 Å². The predicted molar refractivity (Wildman–Crippen MR) is 99.6 cm³/mol. The number of aldehydes is 1. The third kappa shape index (κ3) is 4.46. The number of carbonyl (C=O) groups excluding carboxylic acids is 2. The van der Waals surface area contributed by atoms with Crippen LogP contribution in [0.5, 0.6) is 0 Å². The highest BCUT2D eigenvalue weighted by Crippen LogP contribution is 2.28. The normalized spacial score (nSPS) is 25.0. The number of halogens is 1. The first-order chi connectivity index (χ1) is 12.5. The lowest BCUT2D eigenvalue weighted by molar-refractivity contribution is -0.132. The van der Waals surface area contributed by atoms with Crippen LogP contribution in [-0.2, 0) is 22.6 Å². The summed E-state index contributed by atoms with van der Waals surface area (Å²) in [5.41, 5.74) is 2.25. The lowest BCUT2D eigenvalue weighted by atomic mass is 9.81. The summed E-state index contributed by atoms with van der Waals surface area (Å²) in [6.45, 7) is 1.60. The molecule has 8 heteroatoms. The molecule has 3 unspecified atom stereocenters. The molecule has 1 aromatic carbocycles. The van der Waals surface area contributed by atoms with Crippen molar-refractivity contribution in [3.63, 3.8) is 0 Å². The fraction of sp³-hybridized carbons (Fsp3) is 0.556. The lowest BCUT2D eigenvalue weighted by Crippen LogP contribution is -2.49. The highest BCUT2D eigenvalue weighted by Gasteiger charge is 2.37. The van der Waals surface area contributed by atoms with Gasteiger partial charge in [0.2, 0.25) is 5.91 Å². The van der Waals surface area contributed by atoms with Crippen LogP contribution in [-0.4, -0.2) is 53.4 Å². The van der Waals surface area contributed by atoms with E-state index in [4.69, 9.17) is 21.6 Å². The minimum atomic E-state index is -1.32. The highest BCUT2D eigenvalue weighted by atomic mass is 35.5. The zero-order chi connectivity index (χ0) is 18.7. The standard InChI is InChI=1S/C18H24BClN2O4/c20-16-4-3-12-7-17(21-8-14(12)6-16)18(24)22-9-13(15(10-22)11-23)2-1-5-19(25)26/h3-4,6,11,13,15,17,21,25-26H,1-2,5,7-10H2. The molecule has 1 fully saturated rings. The Hall–Kier alpha value is -1.41. The number of carbonyl (C=O) groups is 2. The van der Waals surface area contributed by atoms with E-state index in [1.165, 1.54) is 0 Å². The summed E-state index contributed by atoms with van der Waals surface area (Å²) in [5.74, 6) is -0.0588. The fourth-order valence-corrected chi connectivity index (χ4v) is 4.17. The summed E-state index contributed by atoms with van der Waals surface area (Å²) in [5, 5.41) is 21.9. The Morgan fingerprint density at radius 1 is 1.35 bits per heavy atom. The van der Waals surface area contributed by atoms with E-state index < -0.39 is 7.12 Å². The van der Waals surface area contributed by atoms with Crippen LogP contribution in [0.15, 0.2) is 18.2 Å². The van der Waals surface area contributed by atoms with E-state index in [1.807, 2.05) is 18.2 Å². The molecule has 1 saturated heterocycles. The van der Waals surface area contributed by atoms with Gasteiger partial charge in [0, 0.05) is 30.6 Å². The van der Waals surface area contributed by atoms with Crippen molar-refractivity contribution < 1.29 is 19.6 Å². The number of benzene rings is 1. The Balaban J connectivity index is 1.59. The van der Waals surface area contributed by atoms with Crippen LogP contribution in [0.2, 0.25) is 11.3 Å². The second-order valence-electron chi connectivity index (χ2n) is 7.27. The van der Waals surface area contributed by atoms with Crippen molar-refractivity contribution >= 4 is 30.9 Å². The molecule has 3 atom stereocenters. The molecule has 0 radical (unpaired) electrons. The van der Waals surface area contributed by atoms with E-state index >= 15 is 0 Å². The predicted octanol–water partition coefficient (Wildman–Crippen LogP) is 0.881. The molecular weight excluding hydrogens is 354 g/mol. The average Bonchev–Trinajstić information content (AvgIpc) is 3.03. The third-order valence-corrected chi connectivity index (χ3v) is 5.68. The Morgan fingerprint density at radius 2 is 2.15 bits per heavy atom. The van der Waals surface area contributed by atoms with Gasteiger partial charge >= 0.3 is 7.12 Å². The van der Waals surface area contributed by atoms with Gasteiger partial charge in [0.05, 0.1) is 6.04 Å². The molecular formula is C18H24BClN2O4. The fourth-order valence-electron chi connectivity index (χ4n) is 3.98. The molecule has 0 bridgehead atoms. The van der Waals surface area contributed by atoms with Gasteiger partial charge < -0.3 is 25.1 Å². The van der Waals surface area contributed by atoms with E-state index in [9.17, 15) is 9.59 Å². The topological polar surface area (TPSA) is 89.9 Å². The van der Waals surface area contributed by atoms with Crippen LogP contribution in [0.4, 0.5) is 0 Å². The summed E-state index contributed by atoms with van der Waals surface area (Å²) in [4.78, 5) is 26.1. The smallest absolute Gasteiger partial charge is 0.427 e. The van der Waals surface area contributed by atoms with E-state index in [0.717, 1.165) is 17.4 Å². The number of rotatable bonds is 6. The second-order valence-corrected chi connectivity index (χ2v) is 7.70. The molecule has 3 N–H and O–H groups in total. The summed E-state index contributed by atoms with van der Waals surface area (Å²) >= 11 is 6.02. The van der Waals surface area contributed by atoms with Crippen molar-refractivity contribution in [1.82, 2.24) is 10.2 Å². The molecule has 2 aliphatic rings. The van der Waals surface area contributed by atoms with Gasteiger partial charge in [-0.25, -0.2) is 0 Å². The number of fused-ring (bicyclic) bond motifs is 1. The molecule has 1 aromatic rings. The Kier molecular flexibility index (Phi) is 6.35. The largest absolute Gasteiger partial charge is 0.451 e. The van der Waals surface area contributed by atoms with Gasteiger partial charge in [-0.2, -0.15) is 0 Å². The maximum Gasteiger partial charge on any atom is 0.451 e. The van der Waals surface area contributed by atoms with E-state index in [2.05, 4.69) is 5.32 Å². The van der Waals surface area contributed by atoms with Crippen LogP contribution < -0.4 is 5.32 Å². The minimum Gasteiger partial charge on any atom is -0.427 e. The van der Waals surface area contributed by atoms with Crippen molar-refractivity contribution in [3.8, 4) is 0 Å². The van der Waals surface area contributed by atoms with Crippen LogP contribution in [0.1, 0.15) is 24.0 Å². The van der Waals surface area contributed by atoms with Gasteiger partial charge in [0.15, 0.2) is 0 Å². The average molecular weight is 379 g/mol. The quantitative estimate of drug-likeness (QED) is 0.505. The summed E-state index contributed by atoms with van der Waals surface area (Å²) < 4.78 is 0. The van der Waals surface area contributed by atoms with Gasteiger partial charge in [0.1, 0.15) is 6.29 Å². The molecule has 0 aromatic heterocycles. The van der Waals surface area contributed by atoms with Gasteiger partial charge in [0.25, 0.3) is 0 Å². The van der Waals surface area contributed by atoms with Gasteiger partial charge in [-0.3, -0.25) is 4.79 Å². The van der Waals surface area contributed by atoms with Crippen molar-refractivity contribution in [1.29, 1.82) is 0 Å². The van der Waals surface area contributed by atoms with Gasteiger partial charge in [-0.15, -0.1) is 0 Å². The van der Waals surface area contributed by atoms with E-state index in [1.54, 1.807) is 4.90 Å². The van der Waals surface area contributed by atoms with Crippen molar-refractivity contribution in [3.05, 3.63) is 34.3 Å². The number of hydrogen-bond donors (Lipinski definition) is 3. The maximum absolute atomic E-state index is 12.9. The first-order valence-electron chi connectivity index (χ1n) is 9.09. The molecule has 3 rings (SSSR count). The first-order valence-corrected chi connectivity index (χ1v) is 9.46. The molecule has 2 aliphatic heterocycles. The number of amides is 1. The molecule has 2 heterocycles. The molecule has 1 amide bonds. The Morgan fingerprint density at radius 3 is 2.88 bits per heavy atom. The zero-order valence-corrected chi connectivity index (χ0v) is 15.4. The number of hydrogen-bond acceptors (Lipinski definition) is 5. The van der Waals surface area contributed by atoms with Crippen LogP contribution in [0.3, 0.4) is 0 Å². The molecule has 0 spiro atoms. The number of nitrogens with one attached hydrogen (secondary N) is 1. The number of likely N-dealkylation sites (tertiary alicyclic amines) is 1. The van der Waals surface area contributed by atoms with Gasteiger partial charge in [-0.05, 0) is 48.3 Å². The maximum atomic E-state index is 12.9. The molecule has 26 heavy (non-hydrogen) atoms. The molecule has 140 valence electrons. The monoisotopic (exact) mass is 378 g/mol. The van der Waals surface area contributed by atoms with E-state index in [-0.39, 0.29) is 23.8 Å². The summed E-state index contributed by atoms with van der Waals surface area (Å²) in [6, 6.07) is 5.46. The van der Waals surface area contributed by atoms with Crippen LogP contribution >= 0.6 is 11.6 Å². The Labute approximate surface area is 158 Å². The van der Waals surface area contributed by atoms with Crippen LogP contribution in [0, 0.1) is 11.8 Å². The lowest BCUT2D eigenvalue weighted by Gasteiger charge is -2.29. The van der Waals surface area contributed by atoms with Crippen LogP contribution in [0.25, 0.3) is 0 Å². The molecule has 0 aliphatic carbocycles. The zero-order valence-electron chi connectivity index (χ0n) is 14.6. The second kappa shape index (κ2) is 8.52. The third-order valence-electron chi connectivity index (χ3n) is 5.44. The minimum absolute atomic E-state index is 0.0298. The first kappa shape index (κ1) is 19.4. The molecule has 6 nitrogen and oxygen atoms in total. The summed E-state index contributed by atoms with van der Waals surface area (Å²) in [7, 11) is -1.32. The number of nitrogens with zero attached hydrogens (tertiary/aromatic N) is 1. The Bertz CT molecular complexity index is 673. The van der Waals surface area contributed by atoms with Crippen molar-refractivity contribution in [2.45, 2.75) is 38.2 Å². The van der Waals surface area contributed by atoms with Crippen molar-refractivity contribution in [2.75, 3.05) is 13.1 Å². The highest BCUT2D eigenvalue weighted by molar-refractivity contribution is 6.40. The van der Waals surface area contributed by atoms with Gasteiger partial charge in [-0.1, -0.05) is 24.1 Å². The van der Waals surface area contributed by atoms with E-state index in [0.29, 0.717) is 50.2 Å². The SMILES string of the molecule is O=CC1CN(C(=O)C2Cc3ccc(Cl)cc3CN2)CC1CCCB(O)O.